The molecule has 90 valence electrons. The lowest BCUT2D eigenvalue weighted by Crippen LogP contribution is -2.14. The van der Waals surface area contributed by atoms with Crippen LogP contribution in [-0.2, 0) is 10.0 Å². The molecule has 2 aromatic rings. The van der Waals surface area contributed by atoms with E-state index >= 15 is 0 Å². The highest BCUT2D eigenvalue weighted by Crippen LogP contribution is 2.29. The van der Waals surface area contributed by atoms with E-state index in [1.807, 2.05) is 0 Å². The number of nitrogens with zero attached hydrogens (tertiary/aromatic N) is 1. The van der Waals surface area contributed by atoms with E-state index in [0.29, 0.717) is 0 Å². The number of sulfonamides is 1. The van der Waals surface area contributed by atoms with Crippen molar-refractivity contribution < 1.29 is 8.42 Å². The molecule has 2 rings (SSSR count). The molecule has 0 atom stereocenters. The van der Waals surface area contributed by atoms with Crippen LogP contribution in [0.15, 0.2) is 35.4 Å². The molecule has 0 unspecified atom stereocenters. The Bertz CT molecular complexity index is 605. The number of hydrogen-bond acceptors (Lipinski definition) is 3. The Morgan fingerprint density at radius 2 is 1.82 bits per heavy atom. The van der Waals surface area contributed by atoms with Gasteiger partial charge in [0, 0.05) is 6.07 Å². The van der Waals surface area contributed by atoms with Gasteiger partial charge >= 0.3 is 0 Å². The number of rotatable bonds is 3. The minimum Gasteiger partial charge on any atom is -0.264 e. The highest BCUT2D eigenvalue weighted by Gasteiger charge is 2.21. The van der Waals surface area contributed by atoms with Gasteiger partial charge in [0.2, 0.25) is 0 Å². The predicted molar refractivity (Wildman–Crippen MR) is 65.9 cm³/mol. The zero-order valence-electron chi connectivity index (χ0n) is 8.31. The van der Waals surface area contributed by atoms with Crippen molar-refractivity contribution in [3.63, 3.8) is 0 Å². The molecule has 8 heteroatoms. The van der Waals surface area contributed by atoms with Gasteiger partial charge in [-0.05, 0) is 12.1 Å². The third-order valence-electron chi connectivity index (χ3n) is 1.93. The molecule has 17 heavy (non-hydrogen) atoms. The van der Waals surface area contributed by atoms with E-state index in [1.54, 1.807) is 6.07 Å². The van der Waals surface area contributed by atoms with E-state index in [4.69, 9.17) is 23.2 Å². The van der Waals surface area contributed by atoms with Crippen LogP contribution in [0.1, 0.15) is 0 Å². The van der Waals surface area contributed by atoms with Crippen molar-refractivity contribution in [3.05, 3.63) is 40.5 Å². The Kier molecular flexibility index (Phi) is 3.28. The molecule has 1 aromatic carbocycles. The van der Waals surface area contributed by atoms with E-state index in [0.717, 1.165) is 0 Å². The fraction of sp³-hybridized carbons (Fsp3) is 0. The molecular weight excluding hydrogens is 285 g/mol. The van der Waals surface area contributed by atoms with Gasteiger partial charge in [-0.1, -0.05) is 29.3 Å². The molecule has 0 fully saturated rings. The Morgan fingerprint density at radius 1 is 1.18 bits per heavy atom. The molecule has 0 aliphatic heterocycles. The lowest BCUT2D eigenvalue weighted by atomic mass is 10.4. The van der Waals surface area contributed by atoms with Crippen LogP contribution in [0.25, 0.3) is 0 Å². The second-order valence-corrected chi connectivity index (χ2v) is 5.56. The molecular formula is C9H7Cl2N3O2S. The van der Waals surface area contributed by atoms with Crippen LogP contribution in [0.5, 0.6) is 0 Å². The van der Waals surface area contributed by atoms with E-state index < -0.39 is 10.0 Å². The second-order valence-electron chi connectivity index (χ2n) is 3.13. The molecule has 1 heterocycles. The summed E-state index contributed by atoms with van der Waals surface area (Å²) >= 11 is 11.6. The van der Waals surface area contributed by atoms with E-state index in [1.165, 1.54) is 24.4 Å². The molecule has 0 spiro atoms. The van der Waals surface area contributed by atoms with Crippen molar-refractivity contribution >= 4 is 39.0 Å². The normalized spacial score (nSPS) is 11.4. The van der Waals surface area contributed by atoms with E-state index in [9.17, 15) is 8.42 Å². The van der Waals surface area contributed by atoms with Crippen LogP contribution in [-0.4, -0.2) is 18.6 Å². The monoisotopic (exact) mass is 291 g/mol. The zero-order chi connectivity index (χ0) is 12.5. The number of aromatic nitrogens is 2. The quantitative estimate of drug-likeness (QED) is 0.912. The average molecular weight is 292 g/mol. The topological polar surface area (TPSA) is 74.8 Å². The first kappa shape index (κ1) is 12.2. The molecule has 0 saturated heterocycles. The van der Waals surface area contributed by atoms with E-state index in [2.05, 4.69) is 14.9 Å². The summed E-state index contributed by atoms with van der Waals surface area (Å²) in [7, 11) is -3.83. The van der Waals surface area contributed by atoms with Gasteiger partial charge < -0.3 is 0 Å². The lowest BCUT2D eigenvalue weighted by Gasteiger charge is -2.08. The second kappa shape index (κ2) is 4.56. The summed E-state index contributed by atoms with van der Waals surface area (Å²) in [6.45, 7) is 0. The van der Waals surface area contributed by atoms with Gasteiger partial charge in [-0.15, -0.1) is 0 Å². The number of benzene rings is 1. The lowest BCUT2D eigenvalue weighted by molar-refractivity contribution is 0.601. The maximum Gasteiger partial charge on any atom is 0.266 e. The number of hydrogen-bond donors (Lipinski definition) is 2. The molecule has 0 saturated carbocycles. The van der Waals surface area contributed by atoms with Crippen LogP contribution in [0, 0.1) is 0 Å². The van der Waals surface area contributed by atoms with Gasteiger partial charge in [0.25, 0.3) is 10.0 Å². The van der Waals surface area contributed by atoms with Crippen LogP contribution in [0.2, 0.25) is 10.0 Å². The highest BCUT2D eigenvalue weighted by atomic mass is 35.5. The summed E-state index contributed by atoms with van der Waals surface area (Å²) in [6, 6.07) is 5.95. The largest absolute Gasteiger partial charge is 0.266 e. The molecule has 0 aliphatic carbocycles. The molecule has 0 radical (unpaired) electrons. The number of halogens is 2. The molecule has 2 N–H and O–H groups in total. The van der Waals surface area contributed by atoms with E-state index in [-0.39, 0.29) is 20.8 Å². The summed E-state index contributed by atoms with van der Waals surface area (Å²) in [4.78, 5) is -0.155. The minimum atomic E-state index is -3.83. The standard InChI is InChI=1S/C9H7Cl2N3O2S/c10-6-2-1-3-7(11)9(6)17(15,16)14-8-4-5-12-13-8/h1-5H,(H2,12,13,14). The van der Waals surface area contributed by atoms with Crippen LogP contribution < -0.4 is 4.72 Å². The summed E-state index contributed by atoms with van der Waals surface area (Å²) in [5.41, 5.74) is 0. The van der Waals surface area contributed by atoms with Crippen molar-refractivity contribution in [3.8, 4) is 0 Å². The predicted octanol–water partition coefficient (Wildman–Crippen LogP) is 2.52. The summed E-state index contributed by atoms with van der Waals surface area (Å²) in [6.07, 6.45) is 1.42. The zero-order valence-corrected chi connectivity index (χ0v) is 10.6. The van der Waals surface area contributed by atoms with Crippen molar-refractivity contribution in [1.29, 1.82) is 0 Å². The molecule has 1 aromatic heterocycles. The summed E-state index contributed by atoms with van der Waals surface area (Å²) in [5.74, 6) is 0.237. The maximum absolute atomic E-state index is 12.0. The van der Waals surface area contributed by atoms with Crippen LogP contribution >= 0.6 is 23.2 Å². The maximum atomic E-state index is 12.0. The average Bonchev–Trinajstić information content (AvgIpc) is 2.68. The molecule has 0 aliphatic rings. The van der Waals surface area contributed by atoms with Gasteiger partial charge in [0.1, 0.15) is 10.7 Å². The molecule has 0 amide bonds. The minimum absolute atomic E-state index is 0.0597. The third kappa shape index (κ3) is 2.54. The van der Waals surface area contributed by atoms with Crippen LogP contribution in [0.3, 0.4) is 0 Å². The number of aromatic amines is 1. The van der Waals surface area contributed by atoms with Crippen molar-refractivity contribution in [2.45, 2.75) is 4.90 Å². The van der Waals surface area contributed by atoms with Gasteiger partial charge in [-0.2, -0.15) is 5.10 Å². The van der Waals surface area contributed by atoms with Crippen molar-refractivity contribution in [2.24, 2.45) is 0 Å². The first-order chi connectivity index (χ1) is 8.00. The fourth-order valence-corrected chi connectivity index (χ4v) is 3.41. The summed E-state index contributed by atoms with van der Waals surface area (Å²) in [5, 5.41) is 6.22. The smallest absolute Gasteiger partial charge is 0.264 e. The third-order valence-corrected chi connectivity index (χ3v) is 4.25. The SMILES string of the molecule is O=S(=O)(Nc1ccn[nH]1)c1c(Cl)cccc1Cl. The molecule has 5 nitrogen and oxygen atoms in total. The fourth-order valence-electron chi connectivity index (χ4n) is 1.25. The Labute approximate surface area is 108 Å². The number of nitrogens with one attached hydrogen (secondary N) is 2. The van der Waals surface area contributed by atoms with Crippen molar-refractivity contribution in [1.82, 2.24) is 10.2 Å². The van der Waals surface area contributed by atoms with Crippen LogP contribution in [0.4, 0.5) is 5.82 Å². The Morgan fingerprint density at radius 3 is 2.35 bits per heavy atom. The number of H-pyrrole nitrogens is 1. The van der Waals surface area contributed by atoms with Gasteiger partial charge in [0.05, 0.1) is 16.2 Å². The molecule has 0 bridgehead atoms. The number of anilines is 1. The first-order valence-corrected chi connectivity index (χ1v) is 6.71. The highest BCUT2D eigenvalue weighted by molar-refractivity contribution is 7.93. The summed E-state index contributed by atoms with van der Waals surface area (Å²) < 4.78 is 26.3. The Hall–Kier alpha value is -1.24. The van der Waals surface area contributed by atoms with Gasteiger partial charge in [0.15, 0.2) is 0 Å². The Balaban J connectivity index is 2.45. The van der Waals surface area contributed by atoms with Gasteiger partial charge in [-0.25, -0.2) is 8.42 Å². The van der Waals surface area contributed by atoms with Gasteiger partial charge in [-0.3, -0.25) is 9.82 Å². The first-order valence-electron chi connectivity index (χ1n) is 4.47. The van der Waals surface area contributed by atoms with Crippen molar-refractivity contribution in [2.75, 3.05) is 4.72 Å².